The first-order valence-corrected chi connectivity index (χ1v) is 11.7. The molecule has 2 unspecified atom stereocenters. The minimum absolute atomic E-state index is 0.206. The number of halogens is 2. The second-order valence-electron chi connectivity index (χ2n) is 8.06. The van der Waals surface area contributed by atoms with Crippen LogP contribution in [-0.2, 0) is 10.0 Å². The van der Waals surface area contributed by atoms with Gasteiger partial charge in [0.05, 0.1) is 4.90 Å². The van der Waals surface area contributed by atoms with Gasteiger partial charge in [-0.05, 0) is 74.7 Å². The summed E-state index contributed by atoms with van der Waals surface area (Å²) in [6.45, 7) is 6.92. The van der Waals surface area contributed by atoms with Crippen LogP contribution < -0.4 is 10.0 Å². The van der Waals surface area contributed by atoms with Crippen LogP contribution in [0.25, 0.3) is 0 Å². The van der Waals surface area contributed by atoms with E-state index in [0.717, 1.165) is 25.2 Å². The summed E-state index contributed by atoms with van der Waals surface area (Å²) < 4.78 is 53.4. The van der Waals surface area contributed by atoms with Crippen molar-refractivity contribution in [3.05, 3.63) is 59.7 Å². The predicted octanol–water partition coefficient (Wildman–Crippen LogP) is 3.62. The second kappa shape index (κ2) is 9.74. The first-order valence-electron chi connectivity index (χ1n) is 10.3. The zero-order chi connectivity index (χ0) is 22.6. The molecule has 1 amide bonds. The van der Waals surface area contributed by atoms with Gasteiger partial charge in [-0.25, -0.2) is 17.2 Å². The molecule has 168 valence electrons. The van der Waals surface area contributed by atoms with Gasteiger partial charge in [0.15, 0.2) is 11.6 Å². The van der Waals surface area contributed by atoms with Crippen LogP contribution in [0.3, 0.4) is 0 Å². The van der Waals surface area contributed by atoms with Crippen molar-refractivity contribution in [1.82, 2.24) is 10.2 Å². The Morgan fingerprint density at radius 2 is 1.87 bits per heavy atom. The van der Waals surface area contributed by atoms with Crippen molar-refractivity contribution in [3.8, 4) is 0 Å². The third-order valence-electron chi connectivity index (χ3n) is 5.47. The van der Waals surface area contributed by atoms with Crippen LogP contribution in [-0.4, -0.2) is 44.9 Å². The molecule has 2 aromatic rings. The summed E-state index contributed by atoms with van der Waals surface area (Å²) in [5.41, 5.74) is 0.604. The standard InChI is InChI=1S/C22H27F2N3O3S/c1-15-4-3-11-27(14-15)16(2)13-25-22(28)17-5-7-18(8-6-17)26-31(29,30)19-9-10-20(23)21(24)12-19/h5-10,12,15-16,26H,3-4,11,13-14H2,1-2H3,(H,25,28). The van der Waals surface area contributed by atoms with E-state index in [4.69, 9.17) is 0 Å². The maximum absolute atomic E-state index is 13.3. The van der Waals surface area contributed by atoms with E-state index >= 15 is 0 Å². The Labute approximate surface area is 181 Å². The fourth-order valence-electron chi connectivity index (χ4n) is 3.65. The van der Waals surface area contributed by atoms with E-state index in [-0.39, 0.29) is 17.6 Å². The highest BCUT2D eigenvalue weighted by Crippen LogP contribution is 2.19. The Morgan fingerprint density at radius 3 is 2.52 bits per heavy atom. The normalized spacial score (nSPS) is 18.4. The minimum Gasteiger partial charge on any atom is -0.350 e. The number of likely N-dealkylation sites (tertiary alicyclic amines) is 1. The number of rotatable bonds is 7. The molecule has 1 saturated heterocycles. The number of nitrogens with one attached hydrogen (secondary N) is 2. The summed E-state index contributed by atoms with van der Waals surface area (Å²) in [7, 11) is -4.09. The summed E-state index contributed by atoms with van der Waals surface area (Å²) in [5, 5.41) is 2.92. The van der Waals surface area contributed by atoms with Crippen LogP contribution in [0.1, 0.15) is 37.0 Å². The zero-order valence-electron chi connectivity index (χ0n) is 17.6. The van der Waals surface area contributed by atoms with Gasteiger partial charge in [0.1, 0.15) is 0 Å². The van der Waals surface area contributed by atoms with Crippen LogP contribution in [0.15, 0.2) is 47.4 Å². The topological polar surface area (TPSA) is 78.5 Å². The molecule has 9 heteroatoms. The number of sulfonamides is 1. The van der Waals surface area contributed by atoms with Crippen molar-refractivity contribution in [2.24, 2.45) is 5.92 Å². The lowest BCUT2D eigenvalue weighted by Gasteiger charge is -2.35. The third kappa shape index (κ3) is 6.01. The van der Waals surface area contributed by atoms with Gasteiger partial charge in [0, 0.05) is 30.4 Å². The van der Waals surface area contributed by atoms with Crippen LogP contribution in [0.2, 0.25) is 0 Å². The van der Waals surface area contributed by atoms with Crippen molar-refractivity contribution in [2.45, 2.75) is 37.6 Å². The van der Waals surface area contributed by atoms with Gasteiger partial charge in [0.25, 0.3) is 15.9 Å². The lowest BCUT2D eigenvalue weighted by molar-refractivity contribution is 0.0917. The number of amides is 1. The molecule has 0 radical (unpaired) electrons. The largest absolute Gasteiger partial charge is 0.350 e. The zero-order valence-corrected chi connectivity index (χ0v) is 18.4. The molecule has 3 rings (SSSR count). The highest BCUT2D eigenvalue weighted by molar-refractivity contribution is 7.92. The quantitative estimate of drug-likeness (QED) is 0.674. The molecule has 2 N–H and O–H groups in total. The molecule has 0 bridgehead atoms. The van der Waals surface area contributed by atoms with Crippen LogP contribution in [0.4, 0.5) is 14.5 Å². The first kappa shape index (κ1) is 23.1. The Kier molecular flexibility index (Phi) is 7.27. The van der Waals surface area contributed by atoms with Crippen molar-refractivity contribution in [1.29, 1.82) is 0 Å². The molecule has 0 spiro atoms. The van der Waals surface area contributed by atoms with Crippen molar-refractivity contribution in [3.63, 3.8) is 0 Å². The molecule has 1 aliphatic heterocycles. The van der Waals surface area contributed by atoms with Crippen LogP contribution >= 0.6 is 0 Å². The maximum Gasteiger partial charge on any atom is 0.261 e. The maximum atomic E-state index is 13.3. The smallest absolute Gasteiger partial charge is 0.261 e. The fourth-order valence-corrected chi connectivity index (χ4v) is 4.72. The lowest BCUT2D eigenvalue weighted by Crippen LogP contribution is -2.46. The highest BCUT2D eigenvalue weighted by atomic mass is 32.2. The number of piperidine rings is 1. The van der Waals surface area contributed by atoms with E-state index in [1.807, 2.05) is 0 Å². The molecule has 0 aliphatic carbocycles. The summed E-state index contributed by atoms with van der Waals surface area (Å²) in [6.07, 6.45) is 2.41. The summed E-state index contributed by atoms with van der Waals surface area (Å²) in [4.78, 5) is 14.4. The Bertz CT molecular complexity index is 1030. The number of carbonyl (C=O) groups is 1. The Hall–Kier alpha value is -2.52. The lowest BCUT2D eigenvalue weighted by atomic mass is 9.99. The second-order valence-corrected chi connectivity index (χ2v) is 9.74. The molecule has 1 aliphatic rings. The fraction of sp³-hybridized carbons (Fsp3) is 0.409. The van der Waals surface area contributed by atoms with E-state index in [9.17, 15) is 22.0 Å². The van der Waals surface area contributed by atoms with Crippen molar-refractivity contribution >= 4 is 21.6 Å². The molecule has 31 heavy (non-hydrogen) atoms. The molecule has 1 fully saturated rings. The highest BCUT2D eigenvalue weighted by Gasteiger charge is 2.21. The van der Waals surface area contributed by atoms with Gasteiger partial charge in [-0.2, -0.15) is 0 Å². The molecule has 2 aromatic carbocycles. The number of anilines is 1. The van der Waals surface area contributed by atoms with Gasteiger partial charge in [-0.15, -0.1) is 0 Å². The average Bonchev–Trinajstić information content (AvgIpc) is 2.74. The third-order valence-corrected chi connectivity index (χ3v) is 6.85. The molecular formula is C22H27F2N3O3S. The van der Waals surface area contributed by atoms with Crippen molar-refractivity contribution in [2.75, 3.05) is 24.4 Å². The molecular weight excluding hydrogens is 424 g/mol. The predicted molar refractivity (Wildman–Crippen MR) is 115 cm³/mol. The monoisotopic (exact) mass is 451 g/mol. The number of nitrogens with zero attached hydrogens (tertiary/aromatic N) is 1. The van der Waals surface area contributed by atoms with E-state index in [2.05, 4.69) is 28.8 Å². The molecule has 2 atom stereocenters. The van der Waals surface area contributed by atoms with Crippen LogP contribution in [0, 0.1) is 17.6 Å². The molecule has 1 heterocycles. The van der Waals surface area contributed by atoms with Crippen molar-refractivity contribution < 1.29 is 22.0 Å². The van der Waals surface area contributed by atoms with Crippen LogP contribution in [0.5, 0.6) is 0 Å². The average molecular weight is 452 g/mol. The van der Waals surface area contributed by atoms with Gasteiger partial charge in [-0.3, -0.25) is 14.4 Å². The SMILES string of the molecule is CC1CCCN(C(C)CNC(=O)c2ccc(NS(=O)(=O)c3ccc(F)c(F)c3)cc2)C1. The van der Waals surface area contributed by atoms with E-state index in [1.165, 1.54) is 37.1 Å². The van der Waals surface area contributed by atoms with Gasteiger partial charge in [0.2, 0.25) is 0 Å². The number of benzene rings is 2. The number of hydrogen-bond acceptors (Lipinski definition) is 4. The van der Waals surface area contributed by atoms with Gasteiger partial charge >= 0.3 is 0 Å². The van der Waals surface area contributed by atoms with E-state index in [0.29, 0.717) is 24.1 Å². The Balaban J connectivity index is 1.57. The number of hydrogen-bond donors (Lipinski definition) is 2. The summed E-state index contributed by atoms with van der Waals surface area (Å²) >= 11 is 0. The number of carbonyl (C=O) groups excluding carboxylic acids is 1. The molecule has 0 saturated carbocycles. The molecule has 0 aromatic heterocycles. The summed E-state index contributed by atoms with van der Waals surface area (Å²) in [5.74, 6) is -1.96. The van der Waals surface area contributed by atoms with Gasteiger partial charge < -0.3 is 5.32 Å². The summed E-state index contributed by atoms with van der Waals surface area (Å²) in [6, 6.07) is 8.48. The first-order chi connectivity index (χ1) is 14.7. The van der Waals surface area contributed by atoms with E-state index < -0.39 is 26.6 Å². The minimum atomic E-state index is -4.09. The molecule has 6 nitrogen and oxygen atoms in total. The Morgan fingerprint density at radius 1 is 1.16 bits per heavy atom. The van der Waals surface area contributed by atoms with E-state index in [1.54, 1.807) is 0 Å². The van der Waals surface area contributed by atoms with Gasteiger partial charge in [-0.1, -0.05) is 6.92 Å².